The van der Waals surface area contributed by atoms with E-state index in [0.29, 0.717) is 41.9 Å². The summed E-state index contributed by atoms with van der Waals surface area (Å²) in [6.45, 7) is 1.90. The van der Waals surface area contributed by atoms with Crippen molar-refractivity contribution in [2.45, 2.75) is 38.5 Å². The minimum Gasteiger partial charge on any atom is -0.396 e. The highest BCUT2D eigenvalue weighted by Gasteiger charge is 2.41. The number of carbonyl (C=O) groups excluding carboxylic acids is 1. The standard InChI is InChI=1S/C19H23ClF2N2O2/c1-12-9-13(4-6-19(12,21)22)11-23-18(26)15-10-14(5-8-25)24-7-2-3-16(20)17(15)24/h2-3,7,10,12-13,25H,4-6,8-9,11H2,1H3,(H,23,26). The number of nitrogens with zero attached hydrogens (tertiary/aromatic N) is 1. The van der Waals surface area contributed by atoms with Gasteiger partial charge in [-0.3, -0.25) is 4.79 Å². The fraction of sp³-hybridized carbons (Fsp3) is 0.526. The maximum absolute atomic E-state index is 13.6. The molecule has 1 amide bonds. The molecule has 2 atom stereocenters. The van der Waals surface area contributed by atoms with Crippen LogP contribution in [0.2, 0.25) is 5.02 Å². The normalized spacial score (nSPS) is 22.5. The van der Waals surface area contributed by atoms with Crippen LogP contribution in [0, 0.1) is 11.8 Å². The highest BCUT2D eigenvalue weighted by Crippen LogP contribution is 2.40. The number of aliphatic hydroxyl groups excluding tert-OH is 1. The van der Waals surface area contributed by atoms with Crippen LogP contribution in [-0.4, -0.2) is 34.5 Å². The lowest BCUT2D eigenvalue weighted by Gasteiger charge is -2.33. The van der Waals surface area contributed by atoms with E-state index in [-0.39, 0.29) is 24.9 Å². The first-order chi connectivity index (χ1) is 12.3. The molecule has 3 rings (SSSR count). The first-order valence-corrected chi connectivity index (χ1v) is 9.26. The maximum Gasteiger partial charge on any atom is 0.253 e. The molecule has 1 fully saturated rings. The van der Waals surface area contributed by atoms with Gasteiger partial charge in [0.05, 0.1) is 16.1 Å². The number of rotatable bonds is 5. The molecule has 0 saturated heterocycles. The predicted molar refractivity (Wildman–Crippen MR) is 97.0 cm³/mol. The fourth-order valence-corrected chi connectivity index (χ4v) is 3.98. The quantitative estimate of drug-likeness (QED) is 0.820. The number of pyridine rings is 1. The molecule has 0 spiro atoms. The topological polar surface area (TPSA) is 53.7 Å². The van der Waals surface area contributed by atoms with Crippen molar-refractivity contribution in [1.29, 1.82) is 0 Å². The molecule has 2 heterocycles. The molecule has 142 valence electrons. The summed E-state index contributed by atoms with van der Waals surface area (Å²) in [5.41, 5.74) is 1.83. The molecular formula is C19H23ClF2N2O2. The summed E-state index contributed by atoms with van der Waals surface area (Å²) in [5, 5.41) is 12.6. The number of halogens is 3. The van der Waals surface area contributed by atoms with Crippen LogP contribution in [0.4, 0.5) is 8.78 Å². The van der Waals surface area contributed by atoms with E-state index in [0.717, 1.165) is 5.69 Å². The summed E-state index contributed by atoms with van der Waals surface area (Å²) in [6.07, 6.45) is 2.89. The number of aromatic nitrogens is 1. The molecule has 0 aliphatic heterocycles. The van der Waals surface area contributed by atoms with Gasteiger partial charge in [-0.15, -0.1) is 0 Å². The van der Waals surface area contributed by atoms with Gasteiger partial charge in [0.2, 0.25) is 0 Å². The van der Waals surface area contributed by atoms with E-state index in [2.05, 4.69) is 5.32 Å². The molecule has 0 radical (unpaired) electrons. The van der Waals surface area contributed by atoms with Gasteiger partial charge in [0.15, 0.2) is 0 Å². The van der Waals surface area contributed by atoms with E-state index in [4.69, 9.17) is 11.6 Å². The zero-order valence-corrected chi connectivity index (χ0v) is 15.4. The molecule has 2 aromatic heterocycles. The average Bonchev–Trinajstić information content (AvgIpc) is 2.96. The number of aliphatic hydroxyl groups is 1. The van der Waals surface area contributed by atoms with Gasteiger partial charge in [-0.1, -0.05) is 18.5 Å². The summed E-state index contributed by atoms with van der Waals surface area (Å²) in [4.78, 5) is 12.7. The Labute approximate surface area is 156 Å². The number of hydrogen-bond acceptors (Lipinski definition) is 2. The molecule has 1 aliphatic carbocycles. The summed E-state index contributed by atoms with van der Waals surface area (Å²) < 4.78 is 29.0. The third-order valence-electron chi connectivity index (χ3n) is 5.28. The molecular weight excluding hydrogens is 362 g/mol. The largest absolute Gasteiger partial charge is 0.396 e. The van der Waals surface area contributed by atoms with Gasteiger partial charge < -0.3 is 14.8 Å². The zero-order chi connectivity index (χ0) is 18.9. The zero-order valence-electron chi connectivity index (χ0n) is 14.6. The van der Waals surface area contributed by atoms with Crippen LogP contribution in [0.5, 0.6) is 0 Å². The molecule has 0 aromatic carbocycles. The van der Waals surface area contributed by atoms with Crippen LogP contribution < -0.4 is 5.32 Å². The highest BCUT2D eigenvalue weighted by atomic mass is 35.5. The number of fused-ring (bicyclic) bond motifs is 1. The van der Waals surface area contributed by atoms with Crippen molar-refractivity contribution in [1.82, 2.24) is 9.72 Å². The first kappa shape index (κ1) is 19.1. The number of nitrogens with one attached hydrogen (secondary N) is 1. The molecule has 0 bridgehead atoms. The van der Waals surface area contributed by atoms with E-state index in [1.165, 1.54) is 0 Å². The monoisotopic (exact) mass is 384 g/mol. The molecule has 7 heteroatoms. The number of hydrogen-bond donors (Lipinski definition) is 2. The van der Waals surface area contributed by atoms with Gasteiger partial charge in [0, 0.05) is 43.8 Å². The summed E-state index contributed by atoms with van der Waals surface area (Å²) >= 11 is 6.27. The Morgan fingerprint density at radius 2 is 2.27 bits per heavy atom. The maximum atomic E-state index is 13.6. The van der Waals surface area contributed by atoms with Gasteiger partial charge in [0.1, 0.15) is 0 Å². The van der Waals surface area contributed by atoms with E-state index < -0.39 is 11.8 Å². The van der Waals surface area contributed by atoms with Crippen molar-refractivity contribution in [2.24, 2.45) is 11.8 Å². The van der Waals surface area contributed by atoms with Crippen molar-refractivity contribution in [3.8, 4) is 0 Å². The Bertz CT molecular complexity index is 806. The van der Waals surface area contributed by atoms with Gasteiger partial charge in [0.25, 0.3) is 11.8 Å². The number of carbonyl (C=O) groups is 1. The summed E-state index contributed by atoms with van der Waals surface area (Å²) in [5.74, 6) is -3.50. The smallest absolute Gasteiger partial charge is 0.253 e. The predicted octanol–water partition coefficient (Wildman–Crippen LogP) is 3.93. The Balaban J connectivity index is 1.74. The van der Waals surface area contributed by atoms with Crippen molar-refractivity contribution < 1.29 is 18.7 Å². The molecule has 2 aromatic rings. The third kappa shape index (κ3) is 3.71. The van der Waals surface area contributed by atoms with Crippen molar-refractivity contribution in [3.05, 3.63) is 40.7 Å². The van der Waals surface area contributed by atoms with Crippen LogP contribution in [0.1, 0.15) is 42.2 Å². The average molecular weight is 385 g/mol. The van der Waals surface area contributed by atoms with Crippen LogP contribution in [0.25, 0.3) is 5.52 Å². The summed E-state index contributed by atoms with van der Waals surface area (Å²) in [7, 11) is 0. The molecule has 2 N–H and O–H groups in total. The molecule has 4 nitrogen and oxygen atoms in total. The Morgan fingerprint density at radius 1 is 1.50 bits per heavy atom. The molecule has 1 saturated carbocycles. The molecule has 1 aliphatic rings. The molecule has 26 heavy (non-hydrogen) atoms. The lowest BCUT2D eigenvalue weighted by Crippen LogP contribution is -2.38. The minimum absolute atomic E-state index is 0.0339. The van der Waals surface area contributed by atoms with E-state index in [1.54, 1.807) is 35.7 Å². The van der Waals surface area contributed by atoms with Crippen LogP contribution in [0.3, 0.4) is 0 Å². The van der Waals surface area contributed by atoms with Gasteiger partial charge in [-0.2, -0.15) is 0 Å². The summed E-state index contributed by atoms with van der Waals surface area (Å²) in [6, 6.07) is 5.22. The second kappa shape index (κ2) is 7.53. The Morgan fingerprint density at radius 3 is 2.96 bits per heavy atom. The third-order valence-corrected chi connectivity index (χ3v) is 5.58. The van der Waals surface area contributed by atoms with Crippen LogP contribution in [0.15, 0.2) is 24.4 Å². The minimum atomic E-state index is -2.61. The van der Waals surface area contributed by atoms with Crippen molar-refractivity contribution in [3.63, 3.8) is 0 Å². The first-order valence-electron chi connectivity index (χ1n) is 8.89. The van der Waals surface area contributed by atoms with Crippen molar-refractivity contribution in [2.75, 3.05) is 13.2 Å². The SMILES string of the molecule is CC1CC(CNC(=O)c2cc(CCO)n3cccc(Cl)c23)CCC1(F)F. The highest BCUT2D eigenvalue weighted by molar-refractivity contribution is 6.34. The Kier molecular flexibility index (Phi) is 5.53. The number of alkyl halides is 2. The van der Waals surface area contributed by atoms with E-state index in [1.807, 2.05) is 0 Å². The van der Waals surface area contributed by atoms with Crippen LogP contribution >= 0.6 is 11.6 Å². The van der Waals surface area contributed by atoms with Crippen LogP contribution in [-0.2, 0) is 6.42 Å². The van der Waals surface area contributed by atoms with E-state index in [9.17, 15) is 18.7 Å². The Hall–Kier alpha value is -1.66. The number of amides is 1. The van der Waals surface area contributed by atoms with Gasteiger partial charge in [-0.25, -0.2) is 8.78 Å². The van der Waals surface area contributed by atoms with E-state index >= 15 is 0 Å². The second-order valence-electron chi connectivity index (χ2n) is 7.11. The lowest BCUT2D eigenvalue weighted by molar-refractivity contribution is -0.0901. The van der Waals surface area contributed by atoms with Crippen molar-refractivity contribution >= 4 is 23.0 Å². The van der Waals surface area contributed by atoms with Gasteiger partial charge >= 0.3 is 0 Å². The second-order valence-corrected chi connectivity index (χ2v) is 7.52. The molecule has 2 unspecified atom stereocenters. The van der Waals surface area contributed by atoms with Gasteiger partial charge in [-0.05, 0) is 37.0 Å². The lowest BCUT2D eigenvalue weighted by atomic mass is 9.79. The fourth-order valence-electron chi connectivity index (χ4n) is 3.72.